The Morgan fingerprint density at radius 1 is 1.19 bits per heavy atom. The largest absolute Gasteiger partial charge is 0.310 e. The second-order valence-corrected chi connectivity index (χ2v) is 5.91. The van der Waals surface area contributed by atoms with E-state index in [1.807, 2.05) is 17.9 Å². The second kappa shape index (κ2) is 7.41. The van der Waals surface area contributed by atoms with E-state index in [9.17, 15) is 0 Å². The lowest BCUT2D eigenvalue weighted by molar-refractivity contribution is 0.491. The molecule has 0 radical (unpaired) electrons. The lowest BCUT2D eigenvalue weighted by Crippen LogP contribution is -2.23. The van der Waals surface area contributed by atoms with Crippen LogP contribution in [0.15, 0.2) is 30.5 Å². The molecule has 1 N–H and O–H groups in total. The molecule has 0 saturated heterocycles. The molecule has 0 amide bonds. The maximum absolute atomic E-state index is 4.25. The van der Waals surface area contributed by atoms with Gasteiger partial charge in [0.25, 0.3) is 0 Å². The first-order valence-corrected chi connectivity index (χ1v) is 7.88. The number of aryl methyl sites for hydroxylation is 4. The van der Waals surface area contributed by atoms with E-state index in [-0.39, 0.29) is 0 Å². The molecule has 1 heterocycles. The topological polar surface area (TPSA) is 29.9 Å². The standard InChI is InChI=1S/C18H27N3/c1-5-9-19-18(7-6-17-8-10-20-21(17)4)16-12-14(2)11-15(3)13-16/h8,10-13,18-19H,5-7,9H2,1-4H3. The maximum Gasteiger partial charge on any atom is 0.0492 e. The van der Waals surface area contributed by atoms with E-state index in [2.05, 4.69) is 55.5 Å². The zero-order chi connectivity index (χ0) is 15.2. The quantitative estimate of drug-likeness (QED) is 0.840. The van der Waals surface area contributed by atoms with Crippen LogP contribution in [-0.4, -0.2) is 16.3 Å². The van der Waals surface area contributed by atoms with Crippen molar-refractivity contribution < 1.29 is 0 Å². The van der Waals surface area contributed by atoms with Crippen molar-refractivity contribution in [2.75, 3.05) is 6.54 Å². The lowest BCUT2D eigenvalue weighted by atomic mass is 9.97. The number of aromatic nitrogens is 2. The molecule has 0 aliphatic carbocycles. The van der Waals surface area contributed by atoms with Crippen molar-refractivity contribution in [1.82, 2.24) is 15.1 Å². The number of hydrogen-bond donors (Lipinski definition) is 1. The van der Waals surface area contributed by atoms with E-state index in [1.54, 1.807) is 0 Å². The third-order valence-corrected chi connectivity index (χ3v) is 3.90. The number of benzene rings is 1. The first kappa shape index (κ1) is 15.8. The SMILES string of the molecule is CCCNC(CCc1ccnn1C)c1cc(C)cc(C)c1. The molecule has 21 heavy (non-hydrogen) atoms. The summed E-state index contributed by atoms with van der Waals surface area (Å²) in [5, 5.41) is 7.95. The summed E-state index contributed by atoms with van der Waals surface area (Å²) in [6, 6.07) is 9.38. The molecule has 0 bridgehead atoms. The molecule has 3 nitrogen and oxygen atoms in total. The average molecular weight is 285 g/mol. The minimum atomic E-state index is 0.415. The zero-order valence-electron chi connectivity index (χ0n) is 13.7. The molecule has 1 aromatic carbocycles. The molecule has 0 spiro atoms. The highest BCUT2D eigenvalue weighted by Gasteiger charge is 2.12. The molecule has 1 unspecified atom stereocenters. The fraction of sp³-hybridized carbons (Fsp3) is 0.500. The maximum atomic E-state index is 4.25. The second-order valence-electron chi connectivity index (χ2n) is 5.91. The van der Waals surface area contributed by atoms with Crippen molar-refractivity contribution in [2.24, 2.45) is 7.05 Å². The molecule has 0 fully saturated rings. The highest BCUT2D eigenvalue weighted by atomic mass is 15.2. The number of hydrogen-bond acceptors (Lipinski definition) is 2. The fourth-order valence-electron chi connectivity index (χ4n) is 2.85. The van der Waals surface area contributed by atoms with Crippen LogP contribution in [0, 0.1) is 13.8 Å². The van der Waals surface area contributed by atoms with Gasteiger partial charge in [-0.05, 0) is 51.3 Å². The van der Waals surface area contributed by atoms with E-state index in [0.717, 1.165) is 25.8 Å². The summed E-state index contributed by atoms with van der Waals surface area (Å²) >= 11 is 0. The van der Waals surface area contributed by atoms with Gasteiger partial charge in [0.05, 0.1) is 0 Å². The first-order chi connectivity index (χ1) is 10.1. The predicted octanol–water partition coefficient (Wildman–Crippen LogP) is 3.71. The van der Waals surface area contributed by atoms with Crippen LogP contribution >= 0.6 is 0 Å². The summed E-state index contributed by atoms with van der Waals surface area (Å²) in [4.78, 5) is 0. The Hall–Kier alpha value is -1.61. The molecular weight excluding hydrogens is 258 g/mol. The van der Waals surface area contributed by atoms with Crippen molar-refractivity contribution in [3.8, 4) is 0 Å². The van der Waals surface area contributed by atoms with E-state index in [1.165, 1.54) is 22.4 Å². The van der Waals surface area contributed by atoms with Crippen LogP contribution in [0.5, 0.6) is 0 Å². The Morgan fingerprint density at radius 3 is 2.48 bits per heavy atom. The Balaban J connectivity index is 2.11. The number of nitrogens with zero attached hydrogens (tertiary/aromatic N) is 2. The minimum Gasteiger partial charge on any atom is -0.310 e. The minimum absolute atomic E-state index is 0.415. The third-order valence-electron chi connectivity index (χ3n) is 3.90. The van der Waals surface area contributed by atoms with Crippen LogP contribution < -0.4 is 5.32 Å². The molecule has 1 aromatic heterocycles. The normalized spacial score (nSPS) is 12.6. The van der Waals surface area contributed by atoms with Crippen LogP contribution in [0.4, 0.5) is 0 Å². The van der Waals surface area contributed by atoms with Gasteiger partial charge in [-0.15, -0.1) is 0 Å². The Morgan fingerprint density at radius 2 is 1.90 bits per heavy atom. The molecule has 114 valence electrons. The van der Waals surface area contributed by atoms with Crippen LogP contribution in [0.2, 0.25) is 0 Å². The van der Waals surface area contributed by atoms with E-state index in [4.69, 9.17) is 0 Å². The van der Waals surface area contributed by atoms with Gasteiger partial charge in [0.2, 0.25) is 0 Å². The van der Waals surface area contributed by atoms with E-state index < -0.39 is 0 Å². The van der Waals surface area contributed by atoms with Gasteiger partial charge in [-0.25, -0.2) is 0 Å². The van der Waals surface area contributed by atoms with Crippen molar-refractivity contribution in [2.45, 2.75) is 46.1 Å². The van der Waals surface area contributed by atoms with Gasteiger partial charge < -0.3 is 5.32 Å². The van der Waals surface area contributed by atoms with Gasteiger partial charge in [-0.3, -0.25) is 4.68 Å². The van der Waals surface area contributed by atoms with E-state index in [0.29, 0.717) is 6.04 Å². The summed E-state index contributed by atoms with van der Waals surface area (Å²) in [5.74, 6) is 0. The smallest absolute Gasteiger partial charge is 0.0492 e. The summed E-state index contributed by atoms with van der Waals surface area (Å²) in [7, 11) is 2.01. The van der Waals surface area contributed by atoms with Gasteiger partial charge in [0.1, 0.15) is 0 Å². The molecule has 1 atom stereocenters. The molecule has 2 aromatic rings. The Bertz CT molecular complexity index is 551. The lowest BCUT2D eigenvalue weighted by Gasteiger charge is -2.20. The van der Waals surface area contributed by atoms with Crippen molar-refractivity contribution in [3.63, 3.8) is 0 Å². The monoisotopic (exact) mass is 285 g/mol. The predicted molar refractivity (Wildman–Crippen MR) is 88.5 cm³/mol. The zero-order valence-corrected chi connectivity index (χ0v) is 13.7. The van der Waals surface area contributed by atoms with Gasteiger partial charge in [0.15, 0.2) is 0 Å². The summed E-state index contributed by atoms with van der Waals surface area (Å²) in [5.41, 5.74) is 5.38. The van der Waals surface area contributed by atoms with Gasteiger partial charge in [0, 0.05) is 25.0 Å². The number of rotatable bonds is 7. The van der Waals surface area contributed by atoms with Crippen molar-refractivity contribution in [3.05, 3.63) is 52.8 Å². The highest BCUT2D eigenvalue weighted by Crippen LogP contribution is 2.22. The molecule has 2 rings (SSSR count). The Labute approximate surface area is 128 Å². The molecular formula is C18H27N3. The van der Waals surface area contributed by atoms with Crippen LogP contribution in [0.25, 0.3) is 0 Å². The molecule has 0 aliphatic heterocycles. The summed E-state index contributed by atoms with van der Waals surface area (Å²) < 4.78 is 1.97. The molecule has 3 heteroatoms. The van der Waals surface area contributed by atoms with Gasteiger partial charge in [-0.2, -0.15) is 5.10 Å². The summed E-state index contributed by atoms with van der Waals surface area (Å²) in [6.45, 7) is 7.62. The van der Waals surface area contributed by atoms with Crippen LogP contribution in [0.3, 0.4) is 0 Å². The first-order valence-electron chi connectivity index (χ1n) is 7.88. The van der Waals surface area contributed by atoms with Crippen LogP contribution in [-0.2, 0) is 13.5 Å². The number of nitrogens with one attached hydrogen (secondary N) is 1. The highest BCUT2D eigenvalue weighted by molar-refractivity contribution is 5.30. The average Bonchev–Trinajstić information content (AvgIpc) is 2.83. The van der Waals surface area contributed by atoms with Crippen molar-refractivity contribution in [1.29, 1.82) is 0 Å². The summed E-state index contributed by atoms with van der Waals surface area (Å²) in [6.07, 6.45) is 5.18. The fourth-order valence-corrected chi connectivity index (χ4v) is 2.85. The molecule has 0 saturated carbocycles. The van der Waals surface area contributed by atoms with Gasteiger partial charge >= 0.3 is 0 Å². The van der Waals surface area contributed by atoms with Crippen LogP contribution in [0.1, 0.15) is 48.2 Å². The third kappa shape index (κ3) is 4.43. The van der Waals surface area contributed by atoms with E-state index >= 15 is 0 Å². The Kier molecular flexibility index (Phi) is 5.57. The van der Waals surface area contributed by atoms with Crippen molar-refractivity contribution >= 4 is 0 Å². The van der Waals surface area contributed by atoms with Gasteiger partial charge in [-0.1, -0.05) is 36.2 Å². The molecule has 0 aliphatic rings.